The number of amides is 1. The van der Waals surface area contributed by atoms with Crippen molar-refractivity contribution in [3.63, 3.8) is 0 Å². The van der Waals surface area contributed by atoms with Crippen molar-refractivity contribution in [1.29, 1.82) is 0 Å². The van der Waals surface area contributed by atoms with Crippen LogP contribution in [0, 0.1) is 6.92 Å². The predicted octanol–water partition coefficient (Wildman–Crippen LogP) is 5.90. The number of methoxy groups -OCH3 is 2. The van der Waals surface area contributed by atoms with E-state index < -0.39 is 0 Å². The van der Waals surface area contributed by atoms with Gasteiger partial charge in [0.15, 0.2) is 5.76 Å². The highest BCUT2D eigenvalue weighted by Crippen LogP contribution is 2.32. The second kappa shape index (κ2) is 8.77. The van der Waals surface area contributed by atoms with Crippen molar-refractivity contribution in [2.75, 3.05) is 19.5 Å². The molecule has 3 aromatic carbocycles. The Bertz CT molecular complexity index is 1320. The van der Waals surface area contributed by atoms with Crippen LogP contribution in [0.3, 0.4) is 0 Å². The number of rotatable bonds is 6. The number of fused-ring (bicyclic) bond motifs is 1. The minimum absolute atomic E-state index is 0.202. The molecule has 0 atom stereocenters. The molecule has 1 N–H and O–H groups in total. The summed E-state index contributed by atoms with van der Waals surface area (Å²) >= 11 is 5.88. The van der Waals surface area contributed by atoms with Crippen LogP contribution in [-0.4, -0.2) is 25.9 Å². The maximum atomic E-state index is 13.3. The molecule has 0 unspecified atom stereocenters. The first-order valence-corrected chi connectivity index (χ1v) is 10.2. The van der Waals surface area contributed by atoms with Crippen LogP contribution >= 0.6 is 11.6 Å². The number of benzene rings is 3. The number of hydrogen-bond donors (Lipinski definition) is 1. The Hall–Kier alpha value is -3.77. The van der Waals surface area contributed by atoms with E-state index in [-0.39, 0.29) is 17.5 Å². The Balaban J connectivity index is 1.67. The molecule has 0 aliphatic rings. The molecule has 162 valence electrons. The van der Waals surface area contributed by atoms with Gasteiger partial charge in [0.25, 0.3) is 5.91 Å². The summed E-state index contributed by atoms with van der Waals surface area (Å²) in [6.45, 7) is 1.80. The smallest absolute Gasteiger partial charge is 0.255 e. The van der Waals surface area contributed by atoms with Gasteiger partial charge in [0.1, 0.15) is 17.1 Å². The van der Waals surface area contributed by atoms with Crippen LogP contribution in [0.15, 0.2) is 65.1 Å². The first-order valence-electron chi connectivity index (χ1n) is 9.78. The third-order valence-corrected chi connectivity index (χ3v) is 5.41. The van der Waals surface area contributed by atoms with E-state index in [1.807, 2.05) is 0 Å². The molecule has 0 aliphatic heterocycles. The van der Waals surface area contributed by atoms with Crippen LogP contribution in [0.1, 0.15) is 32.0 Å². The number of furan rings is 1. The monoisotopic (exact) mass is 449 g/mol. The van der Waals surface area contributed by atoms with Crippen molar-refractivity contribution in [2.45, 2.75) is 6.92 Å². The first-order chi connectivity index (χ1) is 15.4. The second-order valence-electron chi connectivity index (χ2n) is 7.12. The zero-order chi connectivity index (χ0) is 22.8. The third kappa shape index (κ3) is 4.05. The summed E-state index contributed by atoms with van der Waals surface area (Å²) in [5.74, 6) is 0.579. The van der Waals surface area contributed by atoms with Gasteiger partial charge >= 0.3 is 0 Å². The molecule has 0 fully saturated rings. The van der Waals surface area contributed by atoms with Gasteiger partial charge in [-0.05, 0) is 67.6 Å². The molecule has 6 nitrogen and oxygen atoms in total. The molecule has 0 spiro atoms. The summed E-state index contributed by atoms with van der Waals surface area (Å²) in [5.41, 5.74) is 2.61. The van der Waals surface area contributed by atoms with Crippen molar-refractivity contribution in [2.24, 2.45) is 0 Å². The largest absolute Gasteiger partial charge is 0.497 e. The number of aryl methyl sites for hydroxylation is 1. The quantitative estimate of drug-likeness (QED) is 0.371. The fraction of sp³-hybridized carbons (Fsp3) is 0.120. The molecular weight excluding hydrogens is 430 g/mol. The van der Waals surface area contributed by atoms with Crippen molar-refractivity contribution in [3.8, 4) is 11.5 Å². The van der Waals surface area contributed by atoms with E-state index in [2.05, 4.69) is 5.32 Å². The van der Waals surface area contributed by atoms with Gasteiger partial charge in [-0.3, -0.25) is 9.59 Å². The summed E-state index contributed by atoms with van der Waals surface area (Å²) in [6, 6.07) is 16.8. The van der Waals surface area contributed by atoms with Gasteiger partial charge < -0.3 is 19.2 Å². The highest BCUT2D eigenvalue weighted by Gasteiger charge is 2.23. The fourth-order valence-corrected chi connectivity index (χ4v) is 3.56. The van der Waals surface area contributed by atoms with Crippen LogP contribution in [0.25, 0.3) is 11.0 Å². The van der Waals surface area contributed by atoms with Gasteiger partial charge in [-0.15, -0.1) is 0 Å². The summed E-state index contributed by atoms with van der Waals surface area (Å²) in [4.78, 5) is 25.8. The minimum Gasteiger partial charge on any atom is -0.497 e. The Morgan fingerprint density at radius 2 is 1.69 bits per heavy atom. The van der Waals surface area contributed by atoms with Crippen molar-refractivity contribution >= 4 is 39.9 Å². The average Bonchev–Trinajstić information content (AvgIpc) is 3.14. The van der Waals surface area contributed by atoms with Gasteiger partial charge in [-0.25, -0.2) is 0 Å². The van der Waals surface area contributed by atoms with E-state index in [9.17, 15) is 9.59 Å². The lowest BCUT2D eigenvalue weighted by Crippen LogP contribution is -2.11. The van der Waals surface area contributed by atoms with Crippen LogP contribution in [-0.2, 0) is 0 Å². The predicted molar refractivity (Wildman–Crippen MR) is 123 cm³/mol. The molecular formula is C25H20ClNO5. The minimum atomic E-state index is -0.318. The topological polar surface area (TPSA) is 77.8 Å². The molecule has 0 aliphatic carbocycles. The number of hydrogen-bond acceptors (Lipinski definition) is 5. The summed E-state index contributed by atoms with van der Waals surface area (Å²) < 4.78 is 16.5. The van der Waals surface area contributed by atoms with E-state index in [1.54, 1.807) is 67.6 Å². The molecule has 1 heterocycles. The molecule has 1 aromatic heterocycles. The van der Waals surface area contributed by atoms with E-state index in [0.717, 1.165) is 5.39 Å². The Morgan fingerprint density at radius 1 is 0.938 bits per heavy atom. The molecule has 4 aromatic rings. The summed E-state index contributed by atoms with van der Waals surface area (Å²) in [5, 5.41) is 4.14. The number of ketones is 1. The van der Waals surface area contributed by atoms with Gasteiger partial charge in [0.05, 0.1) is 19.8 Å². The van der Waals surface area contributed by atoms with Crippen LogP contribution in [0.4, 0.5) is 5.69 Å². The summed E-state index contributed by atoms with van der Waals surface area (Å²) in [7, 11) is 3.03. The SMILES string of the molecule is COc1ccc(OC)c(C(=O)c2oc3ccc(NC(=O)c4ccc(Cl)cc4)cc3c2C)c1. The Morgan fingerprint density at radius 3 is 2.38 bits per heavy atom. The molecule has 32 heavy (non-hydrogen) atoms. The normalized spacial score (nSPS) is 10.8. The van der Waals surface area contributed by atoms with E-state index in [0.29, 0.717) is 44.5 Å². The fourth-order valence-electron chi connectivity index (χ4n) is 3.43. The van der Waals surface area contributed by atoms with Crippen LogP contribution in [0.2, 0.25) is 5.02 Å². The maximum Gasteiger partial charge on any atom is 0.255 e. The zero-order valence-corrected chi connectivity index (χ0v) is 18.4. The molecule has 0 saturated carbocycles. The lowest BCUT2D eigenvalue weighted by molar-refractivity contribution is 0.100. The standard InChI is InChI=1S/C25H20ClNO5/c1-14-19-12-17(27-25(29)15-4-6-16(26)7-5-15)8-10-22(19)32-24(14)23(28)20-13-18(30-2)9-11-21(20)31-3/h4-13H,1-3H3,(H,27,29). The molecule has 4 rings (SSSR count). The second-order valence-corrected chi connectivity index (χ2v) is 7.56. The van der Waals surface area contributed by atoms with Crippen molar-refractivity contribution in [1.82, 2.24) is 0 Å². The third-order valence-electron chi connectivity index (χ3n) is 5.16. The van der Waals surface area contributed by atoms with Gasteiger partial charge in [-0.1, -0.05) is 11.6 Å². The Labute approximate surface area is 189 Å². The number of halogens is 1. The van der Waals surface area contributed by atoms with Crippen LogP contribution < -0.4 is 14.8 Å². The molecule has 0 radical (unpaired) electrons. The summed E-state index contributed by atoms with van der Waals surface area (Å²) in [6.07, 6.45) is 0. The molecule has 7 heteroatoms. The van der Waals surface area contributed by atoms with Gasteiger partial charge in [-0.2, -0.15) is 0 Å². The number of ether oxygens (including phenoxy) is 2. The van der Waals surface area contributed by atoms with E-state index in [4.69, 9.17) is 25.5 Å². The molecule has 1 amide bonds. The molecule has 0 saturated heterocycles. The number of carbonyl (C=O) groups excluding carboxylic acids is 2. The lowest BCUT2D eigenvalue weighted by atomic mass is 10.0. The number of anilines is 1. The van der Waals surface area contributed by atoms with Gasteiger partial charge in [0.2, 0.25) is 5.78 Å². The zero-order valence-electron chi connectivity index (χ0n) is 17.7. The first kappa shape index (κ1) is 21.5. The lowest BCUT2D eigenvalue weighted by Gasteiger charge is -2.09. The van der Waals surface area contributed by atoms with Crippen LogP contribution in [0.5, 0.6) is 11.5 Å². The average molecular weight is 450 g/mol. The van der Waals surface area contributed by atoms with Gasteiger partial charge in [0, 0.05) is 27.2 Å². The van der Waals surface area contributed by atoms with E-state index >= 15 is 0 Å². The maximum absolute atomic E-state index is 13.3. The Kier molecular flexibility index (Phi) is 5.88. The van der Waals surface area contributed by atoms with E-state index in [1.165, 1.54) is 14.2 Å². The number of nitrogens with one attached hydrogen (secondary N) is 1. The highest BCUT2D eigenvalue weighted by atomic mass is 35.5. The highest BCUT2D eigenvalue weighted by molar-refractivity contribution is 6.30. The molecule has 0 bridgehead atoms. The van der Waals surface area contributed by atoms with Crippen molar-refractivity contribution in [3.05, 3.63) is 88.1 Å². The number of carbonyl (C=O) groups is 2. The van der Waals surface area contributed by atoms with Crippen molar-refractivity contribution < 1.29 is 23.5 Å².